The van der Waals surface area contributed by atoms with Crippen LogP contribution in [0.25, 0.3) is 0 Å². The molecule has 5 nitrogen and oxygen atoms in total. The highest BCUT2D eigenvalue weighted by atomic mass is 16.2. The fraction of sp³-hybridized carbons (Fsp3) is 0.421. The van der Waals surface area contributed by atoms with Gasteiger partial charge < -0.3 is 10.2 Å². The van der Waals surface area contributed by atoms with Crippen LogP contribution in [0.5, 0.6) is 0 Å². The Morgan fingerprint density at radius 2 is 1.83 bits per heavy atom. The minimum atomic E-state index is 0.00983. The van der Waals surface area contributed by atoms with Gasteiger partial charge in [-0.2, -0.15) is 0 Å². The Hall–Kier alpha value is -2.43. The third-order valence-electron chi connectivity index (χ3n) is 4.36. The van der Waals surface area contributed by atoms with Crippen molar-refractivity contribution in [2.45, 2.75) is 39.2 Å². The maximum atomic E-state index is 12.7. The van der Waals surface area contributed by atoms with Crippen LogP contribution in [-0.2, 0) is 0 Å². The van der Waals surface area contributed by atoms with Gasteiger partial charge in [0, 0.05) is 18.8 Å². The van der Waals surface area contributed by atoms with Crippen LogP contribution < -0.4 is 5.32 Å². The van der Waals surface area contributed by atoms with Gasteiger partial charge in [0.05, 0.1) is 6.04 Å². The van der Waals surface area contributed by atoms with Crippen molar-refractivity contribution in [3.05, 3.63) is 53.3 Å². The first kappa shape index (κ1) is 16.4. The summed E-state index contributed by atoms with van der Waals surface area (Å²) in [6.45, 7) is 5.61. The van der Waals surface area contributed by atoms with Crippen LogP contribution in [0.3, 0.4) is 0 Å². The SMILES string of the molecule is Cc1cc(C(=O)N2CCCCC2)nc(NC(C)c2ccccc2)n1. The number of rotatable bonds is 4. The zero-order valence-electron chi connectivity index (χ0n) is 14.3. The lowest BCUT2D eigenvalue weighted by Gasteiger charge is -2.26. The van der Waals surface area contributed by atoms with Gasteiger partial charge in [0.25, 0.3) is 5.91 Å². The summed E-state index contributed by atoms with van der Waals surface area (Å²) in [5.41, 5.74) is 2.44. The Balaban J connectivity index is 1.77. The van der Waals surface area contributed by atoms with Gasteiger partial charge >= 0.3 is 0 Å². The van der Waals surface area contributed by atoms with E-state index in [-0.39, 0.29) is 11.9 Å². The van der Waals surface area contributed by atoms with Crippen LogP contribution >= 0.6 is 0 Å². The molecule has 0 bridgehead atoms. The predicted octanol–water partition coefficient (Wildman–Crippen LogP) is 3.58. The van der Waals surface area contributed by atoms with E-state index in [1.807, 2.05) is 30.0 Å². The molecule has 1 atom stereocenters. The van der Waals surface area contributed by atoms with Gasteiger partial charge in [-0.15, -0.1) is 0 Å². The average molecular weight is 324 g/mol. The number of likely N-dealkylation sites (tertiary alicyclic amines) is 1. The number of benzene rings is 1. The molecular weight excluding hydrogens is 300 g/mol. The van der Waals surface area contributed by atoms with Gasteiger partial charge in [-0.05, 0) is 44.7 Å². The highest BCUT2D eigenvalue weighted by Crippen LogP contribution is 2.18. The Morgan fingerprint density at radius 3 is 2.54 bits per heavy atom. The Kier molecular flexibility index (Phi) is 5.08. The van der Waals surface area contributed by atoms with E-state index in [0.717, 1.165) is 37.2 Å². The number of amides is 1. The molecule has 0 saturated carbocycles. The summed E-state index contributed by atoms with van der Waals surface area (Å²) in [7, 11) is 0. The first-order valence-electron chi connectivity index (χ1n) is 8.60. The van der Waals surface area contributed by atoms with Crippen LogP contribution in [0.15, 0.2) is 36.4 Å². The van der Waals surface area contributed by atoms with Crippen molar-refractivity contribution >= 4 is 11.9 Å². The number of carbonyl (C=O) groups excluding carboxylic acids is 1. The van der Waals surface area contributed by atoms with E-state index in [1.54, 1.807) is 6.07 Å². The fourth-order valence-corrected chi connectivity index (χ4v) is 3.02. The molecule has 1 amide bonds. The first-order chi connectivity index (χ1) is 11.6. The minimum Gasteiger partial charge on any atom is -0.348 e. The van der Waals surface area contributed by atoms with E-state index >= 15 is 0 Å². The highest BCUT2D eigenvalue weighted by Gasteiger charge is 2.20. The Morgan fingerprint density at radius 1 is 1.12 bits per heavy atom. The van der Waals surface area contributed by atoms with Crippen LogP contribution in [0.4, 0.5) is 5.95 Å². The number of aromatic nitrogens is 2. The molecule has 1 fully saturated rings. The lowest BCUT2D eigenvalue weighted by atomic mass is 10.1. The predicted molar refractivity (Wildman–Crippen MR) is 95.0 cm³/mol. The smallest absolute Gasteiger partial charge is 0.272 e. The number of nitrogens with zero attached hydrogens (tertiary/aromatic N) is 3. The molecular formula is C19H24N4O. The van der Waals surface area contributed by atoms with Gasteiger partial charge in [0.15, 0.2) is 0 Å². The third-order valence-corrected chi connectivity index (χ3v) is 4.36. The van der Waals surface area contributed by atoms with E-state index in [9.17, 15) is 4.79 Å². The Bertz CT molecular complexity index is 696. The first-order valence-corrected chi connectivity index (χ1v) is 8.60. The molecule has 126 valence electrons. The molecule has 3 rings (SSSR count). The molecule has 0 radical (unpaired) electrons. The molecule has 5 heteroatoms. The minimum absolute atomic E-state index is 0.00983. The van der Waals surface area contributed by atoms with Gasteiger partial charge in [-0.1, -0.05) is 30.3 Å². The van der Waals surface area contributed by atoms with E-state index in [4.69, 9.17) is 0 Å². The van der Waals surface area contributed by atoms with Crippen LogP contribution in [0.2, 0.25) is 0 Å². The molecule has 0 spiro atoms. The lowest BCUT2D eigenvalue weighted by Crippen LogP contribution is -2.36. The maximum absolute atomic E-state index is 12.7. The van der Waals surface area contributed by atoms with E-state index < -0.39 is 0 Å². The summed E-state index contributed by atoms with van der Waals surface area (Å²) in [4.78, 5) is 23.5. The molecule has 0 aliphatic carbocycles. The standard InChI is InChI=1S/C19H24N4O/c1-14-13-17(18(24)23-11-7-4-8-12-23)22-19(20-14)21-15(2)16-9-5-3-6-10-16/h3,5-6,9-10,13,15H,4,7-8,11-12H2,1-2H3,(H,20,21,22). The second-order valence-electron chi connectivity index (χ2n) is 6.35. The van der Waals surface area contributed by atoms with Crippen molar-refractivity contribution in [2.75, 3.05) is 18.4 Å². The second kappa shape index (κ2) is 7.43. The molecule has 1 aromatic carbocycles. The maximum Gasteiger partial charge on any atom is 0.272 e. The molecule has 1 unspecified atom stereocenters. The molecule has 1 saturated heterocycles. The molecule has 1 aromatic heterocycles. The van der Waals surface area contributed by atoms with Crippen molar-refractivity contribution in [1.82, 2.24) is 14.9 Å². The number of hydrogen-bond acceptors (Lipinski definition) is 4. The Labute approximate surface area is 143 Å². The largest absolute Gasteiger partial charge is 0.348 e. The summed E-state index contributed by atoms with van der Waals surface area (Å²) in [6.07, 6.45) is 3.35. The summed E-state index contributed by atoms with van der Waals surface area (Å²) in [5.74, 6) is 0.516. The molecule has 1 aliphatic heterocycles. The van der Waals surface area contributed by atoms with Crippen LogP contribution in [-0.4, -0.2) is 33.9 Å². The number of aryl methyl sites for hydroxylation is 1. The van der Waals surface area contributed by atoms with Gasteiger partial charge in [-0.25, -0.2) is 9.97 Å². The highest BCUT2D eigenvalue weighted by molar-refractivity contribution is 5.92. The number of carbonyl (C=O) groups is 1. The molecule has 24 heavy (non-hydrogen) atoms. The fourth-order valence-electron chi connectivity index (χ4n) is 3.02. The summed E-state index contributed by atoms with van der Waals surface area (Å²) in [6, 6.07) is 12.0. The van der Waals surface area contributed by atoms with Crippen molar-refractivity contribution in [2.24, 2.45) is 0 Å². The lowest BCUT2D eigenvalue weighted by molar-refractivity contribution is 0.0718. The molecule has 2 aromatic rings. The molecule has 1 aliphatic rings. The quantitative estimate of drug-likeness (QED) is 0.934. The van der Waals surface area contributed by atoms with Gasteiger partial charge in [0.2, 0.25) is 5.95 Å². The van der Waals surface area contributed by atoms with Crippen LogP contribution in [0.1, 0.15) is 54.0 Å². The topological polar surface area (TPSA) is 58.1 Å². The van der Waals surface area contributed by atoms with Gasteiger partial charge in [-0.3, -0.25) is 4.79 Å². The summed E-state index contributed by atoms with van der Waals surface area (Å²) >= 11 is 0. The average Bonchev–Trinajstić information content (AvgIpc) is 2.62. The molecule has 1 N–H and O–H groups in total. The van der Waals surface area contributed by atoms with Crippen molar-refractivity contribution < 1.29 is 4.79 Å². The van der Waals surface area contributed by atoms with E-state index in [1.165, 1.54) is 6.42 Å². The third kappa shape index (κ3) is 3.91. The van der Waals surface area contributed by atoms with Crippen molar-refractivity contribution in [1.29, 1.82) is 0 Å². The van der Waals surface area contributed by atoms with Crippen molar-refractivity contribution in [3.8, 4) is 0 Å². The zero-order chi connectivity index (χ0) is 16.9. The summed E-state index contributed by atoms with van der Waals surface area (Å²) in [5, 5.41) is 3.30. The number of piperidine rings is 1. The normalized spacial score (nSPS) is 15.8. The van der Waals surface area contributed by atoms with Crippen molar-refractivity contribution in [3.63, 3.8) is 0 Å². The monoisotopic (exact) mass is 324 g/mol. The van der Waals surface area contributed by atoms with Crippen LogP contribution in [0, 0.1) is 6.92 Å². The van der Waals surface area contributed by atoms with E-state index in [2.05, 4.69) is 34.3 Å². The number of anilines is 1. The van der Waals surface area contributed by atoms with Gasteiger partial charge in [0.1, 0.15) is 5.69 Å². The zero-order valence-corrected chi connectivity index (χ0v) is 14.3. The second-order valence-corrected chi connectivity index (χ2v) is 6.35. The molecule has 2 heterocycles. The summed E-state index contributed by atoms with van der Waals surface area (Å²) < 4.78 is 0. The van der Waals surface area contributed by atoms with E-state index in [0.29, 0.717) is 11.6 Å². The number of nitrogens with one attached hydrogen (secondary N) is 1. The number of hydrogen-bond donors (Lipinski definition) is 1.